The van der Waals surface area contributed by atoms with Crippen molar-refractivity contribution in [1.29, 1.82) is 0 Å². The number of hydrogen-bond acceptors (Lipinski definition) is 5. The number of ether oxygens (including phenoxy) is 1. The number of nitrogens with one attached hydrogen (secondary N) is 1. The molecule has 1 aromatic carbocycles. The number of carbonyl (C=O) groups excluding carboxylic acids is 1. The molecule has 1 saturated heterocycles. The van der Waals surface area contributed by atoms with Crippen LogP contribution in [0.15, 0.2) is 48.7 Å². The zero-order valence-electron chi connectivity index (χ0n) is 16.9. The lowest BCUT2D eigenvalue weighted by atomic mass is 10.2. The van der Waals surface area contributed by atoms with Gasteiger partial charge in [-0.25, -0.2) is 9.97 Å². The van der Waals surface area contributed by atoms with Crippen molar-refractivity contribution < 1.29 is 9.53 Å². The number of nitrogens with zero attached hydrogens (tertiary/aromatic N) is 5. The first-order chi connectivity index (χ1) is 14.7. The van der Waals surface area contributed by atoms with Gasteiger partial charge in [-0.2, -0.15) is 0 Å². The Hall–Kier alpha value is -3.23. The van der Waals surface area contributed by atoms with Gasteiger partial charge in [-0.05, 0) is 31.3 Å². The van der Waals surface area contributed by atoms with Gasteiger partial charge >= 0.3 is 0 Å². The Bertz CT molecular complexity index is 1160. The molecule has 4 aromatic rings. The molecule has 1 N–H and O–H groups in total. The molecular weight excluding hydrogens is 380 g/mol. The van der Waals surface area contributed by atoms with Gasteiger partial charge in [0.1, 0.15) is 11.5 Å². The standard InChI is InChI=1S/C22H24N6O2/c1-26(15-19-23-16-6-2-3-7-17(16)24-19)14-18-21(22(29)27-10-12-30-13-11-27)25-20-8-4-5-9-28(18)20/h2-9H,10-15H2,1H3,(H,23,24). The summed E-state index contributed by atoms with van der Waals surface area (Å²) >= 11 is 0. The fourth-order valence-corrected chi connectivity index (χ4v) is 3.93. The molecule has 0 spiro atoms. The Labute approximate surface area is 174 Å². The summed E-state index contributed by atoms with van der Waals surface area (Å²) in [5.41, 5.74) is 4.17. The Morgan fingerprint density at radius 1 is 1.10 bits per heavy atom. The Morgan fingerprint density at radius 2 is 1.90 bits per heavy atom. The molecule has 4 heterocycles. The maximum absolute atomic E-state index is 13.2. The van der Waals surface area contributed by atoms with Crippen LogP contribution in [0.5, 0.6) is 0 Å². The van der Waals surface area contributed by atoms with Crippen LogP contribution in [0.2, 0.25) is 0 Å². The van der Waals surface area contributed by atoms with Crippen molar-refractivity contribution >= 4 is 22.6 Å². The van der Waals surface area contributed by atoms with Crippen LogP contribution in [-0.4, -0.2) is 68.4 Å². The number of para-hydroxylation sites is 2. The molecule has 1 aliphatic rings. The molecule has 8 heteroatoms. The minimum absolute atomic E-state index is 0.0332. The number of aromatic amines is 1. The first kappa shape index (κ1) is 18.8. The fraction of sp³-hybridized carbons (Fsp3) is 0.318. The van der Waals surface area contributed by atoms with E-state index in [1.807, 2.05) is 65.0 Å². The van der Waals surface area contributed by atoms with E-state index in [-0.39, 0.29) is 5.91 Å². The van der Waals surface area contributed by atoms with Crippen molar-refractivity contribution in [3.05, 3.63) is 65.9 Å². The van der Waals surface area contributed by atoms with Crippen molar-refractivity contribution in [2.45, 2.75) is 13.1 Å². The molecular formula is C22H24N6O2. The number of pyridine rings is 1. The second-order valence-electron chi connectivity index (χ2n) is 7.61. The lowest BCUT2D eigenvalue weighted by Gasteiger charge is -2.26. The third-order valence-corrected chi connectivity index (χ3v) is 5.41. The third kappa shape index (κ3) is 3.55. The highest BCUT2D eigenvalue weighted by Crippen LogP contribution is 2.19. The van der Waals surface area contributed by atoms with Gasteiger partial charge < -0.3 is 19.0 Å². The van der Waals surface area contributed by atoms with Gasteiger partial charge in [0.05, 0.1) is 36.5 Å². The molecule has 1 fully saturated rings. The molecule has 8 nitrogen and oxygen atoms in total. The number of morpholine rings is 1. The number of rotatable bonds is 5. The van der Waals surface area contributed by atoms with Crippen LogP contribution in [0.3, 0.4) is 0 Å². The van der Waals surface area contributed by atoms with Gasteiger partial charge in [0, 0.05) is 25.8 Å². The van der Waals surface area contributed by atoms with Crippen LogP contribution in [0, 0.1) is 0 Å². The van der Waals surface area contributed by atoms with Crippen LogP contribution in [-0.2, 0) is 17.8 Å². The predicted molar refractivity (Wildman–Crippen MR) is 113 cm³/mol. The predicted octanol–water partition coefficient (Wildman–Crippen LogP) is 2.32. The zero-order valence-corrected chi connectivity index (χ0v) is 16.9. The largest absolute Gasteiger partial charge is 0.378 e. The minimum Gasteiger partial charge on any atom is -0.378 e. The van der Waals surface area contributed by atoms with Crippen molar-refractivity contribution in [2.24, 2.45) is 0 Å². The monoisotopic (exact) mass is 404 g/mol. The molecule has 0 atom stereocenters. The molecule has 0 saturated carbocycles. The SMILES string of the molecule is CN(Cc1nc2ccccc2[nH]1)Cc1c(C(=O)N2CCOCC2)nc2ccccn12. The lowest BCUT2D eigenvalue weighted by molar-refractivity contribution is 0.0298. The average molecular weight is 404 g/mol. The first-order valence-electron chi connectivity index (χ1n) is 10.1. The quantitative estimate of drug-likeness (QED) is 0.552. The molecule has 30 heavy (non-hydrogen) atoms. The zero-order chi connectivity index (χ0) is 20.5. The smallest absolute Gasteiger partial charge is 0.274 e. The van der Waals surface area contributed by atoms with E-state index in [9.17, 15) is 4.79 Å². The van der Waals surface area contributed by atoms with Crippen molar-refractivity contribution in [3.63, 3.8) is 0 Å². The normalized spacial score (nSPS) is 14.8. The molecule has 0 bridgehead atoms. The minimum atomic E-state index is -0.0332. The van der Waals surface area contributed by atoms with E-state index in [1.165, 1.54) is 0 Å². The summed E-state index contributed by atoms with van der Waals surface area (Å²) in [6, 6.07) is 13.8. The maximum Gasteiger partial charge on any atom is 0.274 e. The summed E-state index contributed by atoms with van der Waals surface area (Å²) in [5.74, 6) is 0.864. The highest BCUT2D eigenvalue weighted by molar-refractivity contribution is 5.94. The van der Waals surface area contributed by atoms with Crippen LogP contribution in [0.1, 0.15) is 22.0 Å². The molecule has 0 radical (unpaired) electrons. The van der Waals surface area contributed by atoms with Gasteiger partial charge in [0.15, 0.2) is 5.69 Å². The van der Waals surface area contributed by atoms with E-state index in [0.29, 0.717) is 45.1 Å². The summed E-state index contributed by atoms with van der Waals surface area (Å²) in [4.78, 5) is 29.9. The van der Waals surface area contributed by atoms with E-state index < -0.39 is 0 Å². The van der Waals surface area contributed by atoms with Crippen LogP contribution < -0.4 is 0 Å². The van der Waals surface area contributed by atoms with Crippen molar-refractivity contribution in [3.8, 4) is 0 Å². The van der Waals surface area contributed by atoms with Gasteiger partial charge in [-0.3, -0.25) is 9.69 Å². The average Bonchev–Trinajstić information content (AvgIpc) is 3.35. The maximum atomic E-state index is 13.2. The Morgan fingerprint density at radius 3 is 2.73 bits per heavy atom. The number of H-pyrrole nitrogens is 1. The van der Waals surface area contributed by atoms with Crippen molar-refractivity contribution in [1.82, 2.24) is 29.2 Å². The molecule has 5 rings (SSSR count). The summed E-state index contributed by atoms with van der Waals surface area (Å²) in [6.45, 7) is 3.55. The molecule has 154 valence electrons. The van der Waals surface area contributed by atoms with E-state index in [2.05, 4.69) is 19.9 Å². The van der Waals surface area contributed by atoms with Gasteiger partial charge in [0.2, 0.25) is 0 Å². The second kappa shape index (κ2) is 7.89. The van der Waals surface area contributed by atoms with Gasteiger partial charge in [0.25, 0.3) is 5.91 Å². The number of carbonyl (C=O) groups is 1. The number of fused-ring (bicyclic) bond motifs is 2. The topological polar surface area (TPSA) is 78.8 Å². The second-order valence-corrected chi connectivity index (χ2v) is 7.61. The number of imidazole rings is 2. The summed E-state index contributed by atoms with van der Waals surface area (Å²) in [6.07, 6.45) is 1.96. The Balaban J connectivity index is 1.42. The lowest BCUT2D eigenvalue weighted by Crippen LogP contribution is -2.41. The van der Waals surface area contributed by atoms with E-state index in [1.54, 1.807) is 0 Å². The van der Waals surface area contributed by atoms with Gasteiger partial charge in [-0.1, -0.05) is 18.2 Å². The molecule has 1 aliphatic heterocycles. The van der Waals surface area contributed by atoms with E-state index in [0.717, 1.165) is 28.2 Å². The number of amides is 1. The number of aromatic nitrogens is 4. The summed E-state index contributed by atoms with van der Waals surface area (Å²) in [5, 5.41) is 0. The van der Waals surface area contributed by atoms with Crippen LogP contribution >= 0.6 is 0 Å². The first-order valence-corrected chi connectivity index (χ1v) is 10.1. The third-order valence-electron chi connectivity index (χ3n) is 5.41. The number of benzene rings is 1. The Kier molecular flexibility index (Phi) is 4.94. The molecule has 0 unspecified atom stereocenters. The molecule has 3 aromatic heterocycles. The van der Waals surface area contributed by atoms with E-state index in [4.69, 9.17) is 4.74 Å². The van der Waals surface area contributed by atoms with E-state index >= 15 is 0 Å². The van der Waals surface area contributed by atoms with Crippen LogP contribution in [0.4, 0.5) is 0 Å². The highest BCUT2D eigenvalue weighted by Gasteiger charge is 2.26. The summed E-state index contributed by atoms with van der Waals surface area (Å²) < 4.78 is 7.40. The fourth-order valence-electron chi connectivity index (χ4n) is 3.93. The molecule has 0 aliphatic carbocycles. The number of hydrogen-bond donors (Lipinski definition) is 1. The van der Waals surface area contributed by atoms with Crippen molar-refractivity contribution in [2.75, 3.05) is 33.4 Å². The van der Waals surface area contributed by atoms with Crippen LogP contribution in [0.25, 0.3) is 16.7 Å². The summed E-state index contributed by atoms with van der Waals surface area (Å²) in [7, 11) is 2.03. The highest BCUT2D eigenvalue weighted by atomic mass is 16.5. The molecule has 1 amide bonds. The van der Waals surface area contributed by atoms with Gasteiger partial charge in [-0.15, -0.1) is 0 Å².